The third-order valence-electron chi connectivity index (χ3n) is 7.49. The van der Waals surface area contributed by atoms with Crippen LogP contribution in [0, 0.1) is 0 Å². The van der Waals surface area contributed by atoms with E-state index < -0.39 is 12.6 Å². The molecule has 1 atom stereocenters. The van der Waals surface area contributed by atoms with Crippen LogP contribution in [0.1, 0.15) is 61.8 Å². The van der Waals surface area contributed by atoms with Crippen molar-refractivity contribution in [3.05, 3.63) is 101 Å². The lowest BCUT2D eigenvalue weighted by Gasteiger charge is -2.41. The van der Waals surface area contributed by atoms with E-state index in [1.165, 1.54) is 22.3 Å². The Balaban J connectivity index is 1.89. The number of rotatable bonds is 2. The highest BCUT2D eigenvalue weighted by atomic mass is 31.2. The molecule has 0 fully saturated rings. The van der Waals surface area contributed by atoms with E-state index in [0.29, 0.717) is 5.69 Å². The van der Waals surface area contributed by atoms with Gasteiger partial charge in [0.25, 0.3) is 0 Å². The van der Waals surface area contributed by atoms with Crippen LogP contribution in [0.2, 0.25) is 0 Å². The van der Waals surface area contributed by atoms with Crippen molar-refractivity contribution in [2.75, 3.05) is 5.73 Å². The van der Waals surface area contributed by atoms with Gasteiger partial charge in [0.2, 0.25) is 0 Å². The minimum Gasteiger partial charge on any atom is -0.461 e. The van der Waals surface area contributed by atoms with Crippen LogP contribution in [0.25, 0.3) is 11.1 Å². The van der Waals surface area contributed by atoms with Gasteiger partial charge in [-0.25, -0.2) is 0 Å². The Hall–Kier alpha value is -3.03. The normalized spacial score (nSPS) is 19.5. The Labute approximate surface area is 195 Å². The maximum Gasteiger partial charge on any atom is 0.151 e. The predicted octanol–water partition coefficient (Wildman–Crippen LogP) is 6.38. The van der Waals surface area contributed by atoms with Gasteiger partial charge in [-0.1, -0.05) is 100 Å². The molecule has 1 unspecified atom stereocenters. The average molecular weight is 454 g/mol. The molecule has 1 aliphatic carbocycles. The van der Waals surface area contributed by atoms with Crippen molar-refractivity contribution in [1.82, 2.24) is 0 Å². The second-order valence-electron chi connectivity index (χ2n) is 9.82. The number of nitrogens with two attached hydrogens (primary N) is 1. The van der Waals surface area contributed by atoms with Crippen LogP contribution in [0.5, 0.6) is 0 Å². The minimum absolute atomic E-state index is 0.0864. The van der Waals surface area contributed by atoms with E-state index >= 15 is 4.57 Å². The summed E-state index contributed by atoms with van der Waals surface area (Å²) < 4.78 is 21.8. The lowest BCUT2D eigenvalue weighted by atomic mass is 9.70. The molecule has 3 aromatic carbocycles. The van der Waals surface area contributed by atoms with E-state index in [0.717, 1.165) is 27.7 Å². The number of fused-ring (bicyclic) bond motifs is 9. The van der Waals surface area contributed by atoms with Gasteiger partial charge in [0, 0.05) is 16.9 Å². The predicted molar refractivity (Wildman–Crippen MR) is 137 cm³/mol. The molecule has 33 heavy (non-hydrogen) atoms. The molecule has 1 aliphatic heterocycles. The molecule has 166 valence electrons. The number of benzene rings is 3. The number of furan rings is 1. The molecule has 2 aliphatic rings. The smallest absolute Gasteiger partial charge is 0.151 e. The standard InChI is InChI=1S/C29H28NO2P/c1-17(2)26-25(30)27-28(32-26)29(23-15-9-10-16-24(23)33(27,31)18(3)4)21-13-7-5-11-19(21)20-12-6-8-14-22(20)29/h5-18H,30H2,1-4H3. The van der Waals surface area contributed by atoms with E-state index in [9.17, 15) is 0 Å². The molecular formula is C29H28NO2P. The molecule has 0 saturated carbocycles. The number of nitrogen functional groups attached to an aromatic ring is 1. The highest BCUT2D eigenvalue weighted by molar-refractivity contribution is 7.79. The molecule has 6 rings (SSSR count). The second-order valence-corrected chi connectivity index (χ2v) is 13.1. The largest absolute Gasteiger partial charge is 0.461 e. The summed E-state index contributed by atoms with van der Waals surface area (Å²) >= 11 is 0. The van der Waals surface area contributed by atoms with Crippen LogP contribution in [0.3, 0.4) is 0 Å². The van der Waals surface area contributed by atoms with Crippen molar-refractivity contribution in [2.45, 2.75) is 44.7 Å². The second kappa shape index (κ2) is 6.74. The van der Waals surface area contributed by atoms with Gasteiger partial charge in [-0.2, -0.15) is 0 Å². The molecule has 3 nitrogen and oxygen atoms in total. The first-order valence-corrected chi connectivity index (χ1v) is 13.4. The van der Waals surface area contributed by atoms with E-state index in [1.807, 2.05) is 26.0 Å². The Morgan fingerprint density at radius 2 is 1.30 bits per heavy atom. The summed E-state index contributed by atoms with van der Waals surface area (Å²) in [6.45, 7) is 8.24. The van der Waals surface area contributed by atoms with Gasteiger partial charge in [0.15, 0.2) is 7.14 Å². The first-order chi connectivity index (χ1) is 15.8. The van der Waals surface area contributed by atoms with Gasteiger partial charge in [-0.3, -0.25) is 0 Å². The van der Waals surface area contributed by atoms with Gasteiger partial charge in [0.1, 0.15) is 16.9 Å². The number of hydrogen-bond donors (Lipinski definition) is 1. The molecule has 4 heteroatoms. The molecule has 0 amide bonds. The molecule has 2 N–H and O–H groups in total. The van der Waals surface area contributed by atoms with Crippen LogP contribution >= 0.6 is 7.14 Å². The van der Waals surface area contributed by atoms with Gasteiger partial charge >= 0.3 is 0 Å². The third kappa shape index (κ3) is 2.29. The fraction of sp³-hybridized carbons (Fsp3) is 0.241. The average Bonchev–Trinajstić information content (AvgIpc) is 3.32. The topological polar surface area (TPSA) is 56.2 Å². The molecule has 0 bridgehead atoms. The van der Waals surface area contributed by atoms with Gasteiger partial charge in [-0.05, 0) is 27.8 Å². The van der Waals surface area contributed by atoms with Crippen LogP contribution in [0.4, 0.5) is 5.69 Å². The monoisotopic (exact) mass is 453 g/mol. The summed E-state index contributed by atoms with van der Waals surface area (Å²) in [6, 6.07) is 25.3. The lowest BCUT2D eigenvalue weighted by molar-refractivity contribution is 0.420. The third-order valence-corrected chi connectivity index (χ3v) is 11.2. The maximum atomic E-state index is 15.1. The molecule has 4 aromatic rings. The zero-order valence-electron chi connectivity index (χ0n) is 19.4. The summed E-state index contributed by atoms with van der Waals surface area (Å²) in [5.41, 5.74) is 12.4. The SMILES string of the molecule is CC(C)c1oc2c(c1N)P(=O)(C(C)C)c1ccccc1C21c2ccccc2-c2ccccc21. The van der Waals surface area contributed by atoms with Crippen LogP contribution < -0.4 is 16.3 Å². The highest BCUT2D eigenvalue weighted by Gasteiger charge is 2.58. The summed E-state index contributed by atoms with van der Waals surface area (Å²) in [5, 5.41) is 1.63. The van der Waals surface area contributed by atoms with Crippen molar-refractivity contribution < 1.29 is 8.98 Å². The quantitative estimate of drug-likeness (QED) is 0.315. The Bertz CT molecular complexity index is 1430. The van der Waals surface area contributed by atoms with E-state index in [-0.39, 0.29) is 11.6 Å². The Morgan fingerprint density at radius 1 is 0.788 bits per heavy atom. The fourth-order valence-electron chi connectivity index (χ4n) is 6.09. The Kier molecular flexibility index (Phi) is 4.20. The van der Waals surface area contributed by atoms with Crippen molar-refractivity contribution in [2.24, 2.45) is 0 Å². The minimum atomic E-state index is -3.04. The van der Waals surface area contributed by atoms with Crippen molar-refractivity contribution in [3.8, 4) is 11.1 Å². The molecule has 0 radical (unpaired) electrons. The van der Waals surface area contributed by atoms with Gasteiger partial charge < -0.3 is 14.7 Å². The number of anilines is 1. The molecule has 1 aromatic heterocycles. The van der Waals surface area contributed by atoms with Crippen LogP contribution in [-0.4, -0.2) is 5.66 Å². The van der Waals surface area contributed by atoms with E-state index in [1.54, 1.807) is 0 Å². The number of hydrogen-bond acceptors (Lipinski definition) is 3. The van der Waals surface area contributed by atoms with E-state index in [2.05, 4.69) is 74.5 Å². The zero-order chi connectivity index (χ0) is 23.1. The van der Waals surface area contributed by atoms with Crippen molar-refractivity contribution >= 4 is 23.4 Å². The lowest BCUT2D eigenvalue weighted by Crippen LogP contribution is -2.44. The summed E-state index contributed by atoms with van der Waals surface area (Å²) in [7, 11) is -3.04. The molecule has 0 saturated heterocycles. The van der Waals surface area contributed by atoms with Crippen LogP contribution in [-0.2, 0) is 9.98 Å². The van der Waals surface area contributed by atoms with Crippen molar-refractivity contribution in [1.29, 1.82) is 0 Å². The maximum absolute atomic E-state index is 15.1. The molecular weight excluding hydrogens is 425 g/mol. The van der Waals surface area contributed by atoms with E-state index in [4.69, 9.17) is 10.2 Å². The van der Waals surface area contributed by atoms with Crippen molar-refractivity contribution in [3.63, 3.8) is 0 Å². The fourth-order valence-corrected chi connectivity index (χ4v) is 9.30. The molecule has 2 heterocycles. The molecule has 1 spiro atoms. The zero-order valence-corrected chi connectivity index (χ0v) is 20.3. The Morgan fingerprint density at radius 3 is 1.85 bits per heavy atom. The first-order valence-electron chi connectivity index (χ1n) is 11.7. The first kappa shape index (κ1) is 20.6. The summed E-state index contributed by atoms with van der Waals surface area (Å²) in [5.74, 6) is 1.56. The van der Waals surface area contributed by atoms with Crippen LogP contribution in [0.15, 0.2) is 77.2 Å². The van der Waals surface area contributed by atoms with Gasteiger partial charge in [-0.15, -0.1) is 0 Å². The highest BCUT2D eigenvalue weighted by Crippen LogP contribution is 2.65. The summed E-state index contributed by atoms with van der Waals surface area (Å²) in [6.07, 6.45) is 0. The van der Waals surface area contributed by atoms with Gasteiger partial charge in [0.05, 0.1) is 11.0 Å². The summed E-state index contributed by atoms with van der Waals surface area (Å²) in [4.78, 5) is 0.